The van der Waals surface area contributed by atoms with Gasteiger partial charge in [0.05, 0.1) is 4.47 Å². The van der Waals surface area contributed by atoms with Crippen LogP contribution in [-0.4, -0.2) is 23.5 Å². The fourth-order valence-electron chi connectivity index (χ4n) is 1.56. The molecule has 0 bridgehead atoms. The molecule has 0 saturated carbocycles. The number of aromatic nitrogens is 1. The van der Waals surface area contributed by atoms with Gasteiger partial charge in [0.1, 0.15) is 5.15 Å². The smallest absolute Gasteiger partial charge is 0.143 e. The van der Waals surface area contributed by atoms with Gasteiger partial charge in [-0.05, 0) is 34.6 Å². The summed E-state index contributed by atoms with van der Waals surface area (Å²) in [6, 6.07) is 2.07. The summed E-state index contributed by atoms with van der Waals surface area (Å²) < 4.78 is 0.892. The lowest BCUT2D eigenvalue weighted by atomic mass is 10.1. The Balaban J connectivity index is 2.43. The standard InChI is InChI=1S/C9H10BrClN2/c1-13-3-2-8-6(5-13)4-7(10)9(11)12-8/h4H,2-3,5H2,1H3. The van der Waals surface area contributed by atoms with Crippen molar-refractivity contribution in [3.8, 4) is 0 Å². The zero-order chi connectivity index (χ0) is 9.42. The first kappa shape index (κ1) is 9.44. The minimum Gasteiger partial charge on any atom is -0.302 e. The lowest BCUT2D eigenvalue weighted by Gasteiger charge is -2.24. The maximum atomic E-state index is 5.91. The predicted octanol–water partition coefficient (Wildman–Crippen LogP) is 2.49. The number of hydrogen-bond donors (Lipinski definition) is 0. The van der Waals surface area contributed by atoms with Crippen LogP contribution in [0.25, 0.3) is 0 Å². The Morgan fingerprint density at radius 1 is 1.62 bits per heavy atom. The summed E-state index contributed by atoms with van der Waals surface area (Å²) in [4.78, 5) is 6.62. The molecule has 2 rings (SSSR count). The lowest BCUT2D eigenvalue weighted by molar-refractivity contribution is 0.310. The molecule has 0 N–H and O–H groups in total. The van der Waals surface area contributed by atoms with E-state index in [2.05, 4.69) is 38.9 Å². The van der Waals surface area contributed by atoms with E-state index in [1.165, 1.54) is 5.56 Å². The van der Waals surface area contributed by atoms with Gasteiger partial charge in [0.15, 0.2) is 0 Å². The van der Waals surface area contributed by atoms with Crippen LogP contribution in [0.3, 0.4) is 0 Å². The van der Waals surface area contributed by atoms with Gasteiger partial charge in [-0.15, -0.1) is 0 Å². The number of rotatable bonds is 0. The first-order valence-electron chi connectivity index (χ1n) is 4.19. The maximum Gasteiger partial charge on any atom is 0.143 e. The van der Waals surface area contributed by atoms with Crippen LogP contribution in [0.2, 0.25) is 5.15 Å². The van der Waals surface area contributed by atoms with Crippen molar-refractivity contribution in [3.05, 3.63) is 26.9 Å². The largest absolute Gasteiger partial charge is 0.302 e. The normalized spacial score (nSPS) is 17.2. The quantitative estimate of drug-likeness (QED) is 0.667. The molecular formula is C9H10BrClN2. The average Bonchev–Trinajstić information content (AvgIpc) is 2.08. The van der Waals surface area contributed by atoms with E-state index in [-0.39, 0.29) is 0 Å². The molecule has 0 radical (unpaired) electrons. The van der Waals surface area contributed by atoms with Crippen molar-refractivity contribution in [2.24, 2.45) is 0 Å². The van der Waals surface area contributed by atoms with Gasteiger partial charge in [0, 0.05) is 25.2 Å². The highest BCUT2D eigenvalue weighted by atomic mass is 79.9. The maximum absolute atomic E-state index is 5.91. The van der Waals surface area contributed by atoms with Crippen LogP contribution >= 0.6 is 27.5 Å². The van der Waals surface area contributed by atoms with Gasteiger partial charge in [0.25, 0.3) is 0 Å². The van der Waals surface area contributed by atoms with E-state index in [0.717, 1.165) is 29.7 Å². The van der Waals surface area contributed by atoms with E-state index in [9.17, 15) is 0 Å². The molecule has 0 unspecified atom stereocenters. The topological polar surface area (TPSA) is 16.1 Å². The monoisotopic (exact) mass is 260 g/mol. The molecule has 1 aliphatic heterocycles. The molecule has 1 aromatic rings. The summed E-state index contributed by atoms with van der Waals surface area (Å²) in [5, 5.41) is 0.573. The highest BCUT2D eigenvalue weighted by molar-refractivity contribution is 9.10. The molecular weight excluding hydrogens is 251 g/mol. The van der Waals surface area contributed by atoms with Crippen LogP contribution in [0.15, 0.2) is 10.5 Å². The molecule has 0 amide bonds. The Morgan fingerprint density at radius 3 is 3.15 bits per heavy atom. The first-order valence-corrected chi connectivity index (χ1v) is 5.36. The number of fused-ring (bicyclic) bond motifs is 1. The Kier molecular flexibility index (Phi) is 2.58. The van der Waals surface area contributed by atoms with Crippen LogP contribution in [0.4, 0.5) is 0 Å². The summed E-state index contributed by atoms with van der Waals surface area (Å²) in [5.41, 5.74) is 2.43. The molecule has 4 heteroatoms. The molecule has 0 fully saturated rings. The molecule has 70 valence electrons. The fraction of sp³-hybridized carbons (Fsp3) is 0.444. The summed E-state index contributed by atoms with van der Waals surface area (Å²) in [6.45, 7) is 2.04. The Hall–Kier alpha value is -0.120. The van der Waals surface area contributed by atoms with Crippen LogP contribution in [0.5, 0.6) is 0 Å². The lowest BCUT2D eigenvalue weighted by Crippen LogP contribution is -2.27. The number of hydrogen-bond acceptors (Lipinski definition) is 2. The van der Waals surface area contributed by atoms with Crippen molar-refractivity contribution in [1.29, 1.82) is 0 Å². The third kappa shape index (κ3) is 1.87. The molecule has 0 atom stereocenters. The van der Waals surface area contributed by atoms with Gasteiger partial charge in [0.2, 0.25) is 0 Å². The van der Waals surface area contributed by atoms with Gasteiger partial charge in [-0.25, -0.2) is 4.98 Å². The van der Waals surface area contributed by atoms with Crippen molar-refractivity contribution in [2.75, 3.05) is 13.6 Å². The summed E-state index contributed by atoms with van der Waals surface area (Å²) >= 11 is 9.29. The molecule has 2 nitrogen and oxygen atoms in total. The average molecular weight is 262 g/mol. The molecule has 2 heterocycles. The predicted molar refractivity (Wildman–Crippen MR) is 57.0 cm³/mol. The van der Waals surface area contributed by atoms with Crippen molar-refractivity contribution in [2.45, 2.75) is 13.0 Å². The zero-order valence-electron chi connectivity index (χ0n) is 7.35. The number of likely N-dealkylation sites (N-methyl/N-ethyl adjacent to an activating group) is 1. The van der Waals surface area contributed by atoms with E-state index in [1.807, 2.05) is 0 Å². The van der Waals surface area contributed by atoms with E-state index >= 15 is 0 Å². The molecule has 0 spiro atoms. The molecule has 13 heavy (non-hydrogen) atoms. The molecule has 1 aliphatic rings. The van der Waals surface area contributed by atoms with Crippen LogP contribution in [-0.2, 0) is 13.0 Å². The van der Waals surface area contributed by atoms with Crippen molar-refractivity contribution in [3.63, 3.8) is 0 Å². The van der Waals surface area contributed by atoms with E-state index < -0.39 is 0 Å². The highest BCUT2D eigenvalue weighted by Gasteiger charge is 2.15. The molecule has 0 saturated heterocycles. The van der Waals surface area contributed by atoms with Crippen molar-refractivity contribution >= 4 is 27.5 Å². The van der Waals surface area contributed by atoms with Crippen LogP contribution < -0.4 is 0 Å². The van der Waals surface area contributed by atoms with Gasteiger partial charge in [-0.2, -0.15) is 0 Å². The zero-order valence-corrected chi connectivity index (χ0v) is 9.69. The number of nitrogens with zero attached hydrogens (tertiary/aromatic N) is 2. The van der Waals surface area contributed by atoms with Crippen LogP contribution in [0.1, 0.15) is 11.3 Å². The fourth-order valence-corrected chi connectivity index (χ4v) is 2.08. The first-order chi connectivity index (χ1) is 6.16. The second-order valence-electron chi connectivity index (χ2n) is 3.35. The highest BCUT2D eigenvalue weighted by Crippen LogP contribution is 2.26. The Labute approximate surface area is 91.0 Å². The van der Waals surface area contributed by atoms with Crippen molar-refractivity contribution in [1.82, 2.24) is 9.88 Å². The minimum atomic E-state index is 0.573. The summed E-state index contributed by atoms with van der Waals surface area (Å²) in [7, 11) is 2.12. The van der Waals surface area contributed by atoms with Gasteiger partial charge >= 0.3 is 0 Å². The van der Waals surface area contributed by atoms with E-state index in [4.69, 9.17) is 11.6 Å². The SMILES string of the molecule is CN1CCc2nc(Cl)c(Br)cc2C1. The molecule has 0 aromatic carbocycles. The van der Waals surface area contributed by atoms with Gasteiger partial charge < -0.3 is 4.90 Å². The van der Waals surface area contributed by atoms with Gasteiger partial charge in [-0.3, -0.25) is 0 Å². The molecule has 1 aromatic heterocycles. The number of pyridine rings is 1. The second-order valence-corrected chi connectivity index (χ2v) is 4.57. The minimum absolute atomic E-state index is 0.573. The molecule has 0 aliphatic carbocycles. The van der Waals surface area contributed by atoms with Crippen molar-refractivity contribution < 1.29 is 0 Å². The summed E-state index contributed by atoms with van der Waals surface area (Å²) in [5.74, 6) is 0. The Bertz CT molecular complexity index is 341. The van der Waals surface area contributed by atoms with Gasteiger partial charge in [-0.1, -0.05) is 11.6 Å². The Morgan fingerprint density at radius 2 is 2.38 bits per heavy atom. The van der Waals surface area contributed by atoms with E-state index in [1.54, 1.807) is 0 Å². The summed E-state index contributed by atoms with van der Waals surface area (Å²) in [6.07, 6.45) is 0.999. The third-order valence-electron chi connectivity index (χ3n) is 2.27. The van der Waals surface area contributed by atoms with Crippen LogP contribution in [0, 0.1) is 0 Å². The number of halogens is 2. The third-order valence-corrected chi connectivity index (χ3v) is 3.39. The second kappa shape index (κ2) is 3.56. The van der Waals surface area contributed by atoms with E-state index in [0.29, 0.717) is 5.15 Å².